The zero-order valence-corrected chi connectivity index (χ0v) is 8.33. The van der Waals surface area contributed by atoms with Crippen molar-refractivity contribution in [1.29, 1.82) is 0 Å². The summed E-state index contributed by atoms with van der Waals surface area (Å²) in [7, 11) is 1.91. The summed E-state index contributed by atoms with van der Waals surface area (Å²) in [5.41, 5.74) is 6.71. The van der Waals surface area contributed by atoms with Crippen LogP contribution in [0.5, 0.6) is 0 Å². The molecule has 0 saturated carbocycles. The van der Waals surface area contributed by atoms with Gasteiger partial charge in [0, 0.05) is 25.8 Å². The number of nitrogens with zero attached hydrogens (tertiary/aromatic N) is 2. The Balaban J connectivity index is 2.13. The Morgan fingerprint density at radius 1 is 1.69 bits per heavy atom. The van der Waals surface area contributed by atoms with Gasteiger partial charge in [0.25, 0.3) is 0 Å². The molecule has 3 N–H and O–H groups in total. The van der Waals surface area contributed by atoms with Gasteiger partial charge in [-0.2, -0.15) is 5.10 Å². The van der Waals surface area contributed by atoms with Gasteiger partial charge >= 0.3 is 0 Å². The summed E-state index contributed by atoms with van der Waals surface area (Å²) < 4.78 is 1.79. The number of hydrogen-bond donors (Lipinski definition) is 2. The molecule has 1 aromatic heterocycles. The number of rotatable bonds is 5. The molecular weight excluding hydrogens is 164 g/mol. The van der Waals surface area contributed by atoms with E-state index in [9.17, 15) is 0 Å². The van der Waals surface area contributed by atoms with Crippen LogP contribution in [-0.4, -0.2) is 22.4 Å². The molecule has 0 spiro atoms. The van der Waals surface area contributed by atoms with Crippen molar-refractivity contribution in [2.45, 2.75) is 25.8 Å². The summed E-state index contributed by atoms with van der Waals surface area (Å²) in [6, 6.07) is 0.302. The largest absolute Gasteiger partial charge is 0.383 e. The Labute approximate surface area is 79.1 Å². The Morgan fingerprint density at radius 2 is 2.46 bits per heavy atom. The van der Waals surface area contributed by atoms with Crippen molar-refractivity contribution < 1.29 is 0 Å². The molecule has 1 unspecified atom stereocenters. The van der Waals surface area contributed by atoms with E-state index >= 15 is 0 Å². The normalized spacial score (nSPS) is 12.8. The van der Waals surface area contributed by atoms with Gasteiger partial charge in [0.15, 0.2) is 0 Å². The minimum Gasteiger partial charge on any atom is -0.383 e. The molecule has 0 aromatic carbocycles. The Morgan fingerprint density at radius 3 is 3.00 bits per heavy atom. The van der Waals surface area contributed by atoms with Crippen molar-refractivity contribution in [3.63, 3.8) is 0 Å². The predicted molar refractivity (Wildman–Crippen MR) is 54.6 cm³/mol. The number of hydrogen-bond acceptors (Lipinski definition) is 3. The Kier molecular flexibility index (Phi) is 3.76. The number of aryl methyl sites for hydroxylation is 1. The van der Waals surface area contributed by atoms with Gasteiger partial charge in [0.1, 0.15) is 0 Å². The number of anilines is 1. The van der Waals surface area contributed by atoms with Crippen LogP contribution >= 0.6 is 0 Å². The van der Waals surface area contributed by atoms with Crippen LogP contribution in [0.15, 0.2) is 12.4 Å². The van der Waals surface area contributed by atoms with Gasteiger partial charge in [-0.3, -0.25) is 4.68 Å². The molecule has 1 heterocycles. The van der Waals surface area contributed by atoms with Crippen molar-refractivity contribution in [3.05, 3.63) is 12.4 Å². The second kappa shape index (κ2) is 4.87. The standard InChI is InChI=1S/C9H18N4/c1-8(10)4-3-5-11-9-6-12-13(2)7-9/h6-8,11H,3-5,10H2,1-2H3. The second-order valence-corrected chi connectivity index (χ2v) is 3.45. The van der Waals surface area contributed by atoms with Crippen molar-refractivity contribution >= 4 is 5.69 Å². The topological polar surface area (TPSA) is 55.9 Å². The quantitative estimate of drug-likeness (QED) is 0.667. The van der Waals surface area contributed by atoms with Gasteiger partial charge in [-0.15, -0.1) is 0 Å². The van der Waals surface area contributed by atoms with Crippen LogP contribution < -0.4 is 11.1 Å². The van der Waals surface area contributed by atoms with Crippen molar-refractivity contribution in [3.8, 4) is 0 Å². The monoisotopic (exact) mass is 182 g/mol. The van der Waals surface area contributed by atoms with E-state index in [1.165, 1.54) is 0 Å². The molecule has 1 aromatic rings. The van der Waals surface area contributed by atoms with Crippen molar-refractivity contribution in [2.75, 3.05) is 11.9 Å². The summed E-state index contributed by atoms with van der Waals surface area (Å²) in [6.45, 7) is 3.00. The maximum Gasteiger partial charge on any atom is 0.0726 e. The van der Waals surface area contributed by atoms with E-state index in [1.807, 2.05) is 26.4 Å². The molecule has 13 heavy (non-hydrogen) atoms. The van der Waals surface area contributed by atoms with Crippen LogP contribution in [0.2, 0.25) is 0 Å². The van der Waals surface area contributed by atoms with Gasteiger partial charge in [0.2, 0.25) is 0 Å². The van der Waals surface area contributed by atoms with E-state index in [4.69, 9.17) is 5.73 Å². The highest BCUT2D eigenvalue weighted by Crippen LogP contribution is 2.03. The van der Waals surface area contributed by atoms with E-state index in [0.29, 0.717) is 6.04 Å². The molecule has 0 aliphatic heterocycles. The lowest BCUT2D eigenvalue weighted by atomic mass is 10.2. The molecule has 0 aliphatic rings. The van der Waals surface area contributed by atoms with Crippen molar-refractivity contribution in [1.82, 2.24) is 9.78 Å². The van der Waals surface area contributed by atoms with Gasteiger partial charge < -0.3 is 11.1 Å². The Bertz CT molecular complexity index is 242. The fourth-order valence-electron chi connectivity index (χ4n) is 1.17. The summed E-state index contributed by atoms with van der Waals surface area (Å²) in [5, 5.41) is 7.34. The van der Waals surface area contributed by atoms with Crippen LogP contribution in [0.25, 0.3) is 0 Å². The van der Waals surface area contributed by atoms with Gasteiger partial charge in [0.05, 0.1) is 11.9 Å². The third-order valence-electron chi connectivity index (χ3n) is 1.87. The van der Waals surface area contributed by atoms with Crippen LogP contribution in [-0.2, 0) is 7.05 Å². The van der Waals surface area contributed by atoms with Crippen LogP contribution in [0.4, 0.5) is 5.69 Å². The summed E-state index contributed by atoms with van der Waals surface area (Å²) in [6.07, 6.45) is 5.96. The molecule has 0 aliphatic carbocycles. The number of nitrogens with one attached hydrogen (secondary N) is 1. The van der Waals surface area contributed by atoms with Crippen molar-refractivity contribution in [2.24, 2.45) is 12.8 Å². The molecule has 0 radical (unpaired) electrons. The molecule has 1 atom stereocenters. The molecule has 1 rings (SSSR count). The first kappa shape index (κ1) is 10.1. The summed E-state index contributed by atoms with van der Waals surface area (Å²) in [4.78, 5) is 0. The fraction of sp³-hybridized carbons (Fsp3) is 0.667. The molecular formula is C9H18N4. The molecule has 0 saturated heterocycles. The van der Waals surface area contributed by atoms with E-state index in [0.717, 1.165) is 25.1 Å². The van der Waals surface area contributed by atoms with Crippen LogP contribution in [0, 0.1) is 0 Å². The first-order chi connectivity index (χ1) is 6.18. The second-order valence-electron chi connectivity index (χ2n) is 3.45. The summed E-state index contributed by atoms with van der Waals surface area (Å²) >= 11 is 0. The highest BCUT2D eigenvalue weighted by atomic mass is 15.3. The molecule has 4 heteroatoms. The van der Waals surface area contributed by atoms with E-state index in [1.54, 1.807) is 4.68 Å². The van der Waals surface area contributed by atoms with Gasteiger partial charge in [-0.1, -0.05) is 0 Å². The SMILES string of the molecule is CC(N)CCCNc1cnn(C)c1. The predicted octanol–water partition coefficient (Wildman–Crippen LogP) is 0.959. The number of nitrogens with two attached hydrogens (primary N) is 1. The van der Waals surface area contributed by atoms with Crippen LogP contribution in [0.3, 0.4) is 0 Å². The smallest absolute Gasteiger partial charge is 0.0726 e. The maximum absolute atomic E-state index is 5.63. The minimum absolute atomic E-state index is 0.302. The lowest BCUT2D eigenvalue weighted by molar-refractivity contribution is 0.639. The van der Waals surface area contributed by atoms with Gasteiger partial charge in [-0.25, -0.2) is 0 Å². The fourth-order valence-corrected chi connectivity index (χ4v) is 1.17. The molecule has 4 nitrogen and oxygen atoms in total. The Hall–Kier alpha value is -1.03. The van der Waals surface area contributed by atoms with E-state index < -0.39 is 0 Å². The number of aromatic nitrogens is 2. The third kappa shape index (κ3) is 3.94. The average molecular weight is 182 g/mol. The minimum atomic E-state index is 0.302. The lowest BCUT2D eigenvalue weighted by Crippen LogP contribution is -2.16. The zero-order valence-electron chi connectivity index (χ0n) is 8.33. The summed E-state index contributed by atoms with van der Waals surface area (Å²) in [5.74, 6) is 0. The van der Waals surface area contributed by atoms with E-state index in [2.05, 4.69) is 10.4 Å². The van der Waals surface area contributed by atoms with Gasteiger partial charge in [-0.05, 0) is 19.8 Å². The van der Waals surface area contributed by atoms with Crippen LogP contribution in [0.1, 0.15) is 19.8 Å². The highest BCUT2D eigenvalue weighted by molar-refractivity contribution is 5.37. The first-order valence-electron chi connectivity index (χ1n) is 4.66. The third-order valence-corrected chi connectivity index (χ3v) is 1.87. The maximum atomic E-state index is 5.63. The average Bonchev–Trinajstić information content (AvgIpc) is 2.45. The molecule has 74 valence electrons. The van der Waals surface area contributed by atoms with E-state index in [-0.39, 0.29) is 0 Å². The lowest BCUT2D eigenvalue weighted by Gasteiger charge is -2.05. The first-order valence-corrected chi connectivity index (χ1v) is 4.66. The molecule has 0 fully saturated rings. The zero-order chi connectivity index (χ0) is 9.68. The molecule has 0 bridgehead atoms. The molecule has 0 amide bonds. The highest BCUT2D eigenvalue weighted by Gasteiger charge is 1.95.